The molecule has 98 valence electrons. The molecule has 0 atom stereocenters. The number of hydrogen-bond acceptors (Lipinski definition) is 2. The van der Waals surface area contributed by atoms with Crippen LogP contribution in [0.15, 0.2) is 42.5 Å². The quantitative estimate of drug-likeness (QED) is 0.881. The maximum absolute atomic E-state index is 11.1. The molecule has 0 aliphatic carbocycles. The first-order valence-electron chi connectivity index (χ1n) is 6.26. The van der Waals surface area contributed by atoms with Crippen LogP contribution in [0, 0.1) is 13.8 Å². The van der Waals surface area contributed by atoms with Gasteiger partial charge in [0.2, 0.25) is 5.91 Å². The zero-order valence-electron chi connectivity index (χ0n) is 11.2. The van der Waals surface area contributed by atoms with Gasteiger partial charge in [0.1, 0.15) is 0 Å². The molecule has 0 aliphatic heterocycles. The third-order valence-electron chi connectivity index (χ3n) is 3.13. The average molecular weight is 254 g/mol. The second kappa shape index (κ2) is 5.57. The Labute approximate surface area is 113 Å². The Bertz CT molecular complexity index is 605. The third-order valence-corrected chi connectivity index (χ3v) is 3.13. The van der Waals surface area contributed by atoms with Gasteiger partial charge in [-0.1, -0.05) is 29.8 Å². The normalized spacial score (nSPS) is 10.2. The Balaban J connectivity index is 2.10. The molecule has 2 aromatic rings. The highest BCUT2D eigenvalue weighted by Gasteiger charge is 2.02. The molecule has 3 nitrogen and oxygen atoms in total. The van der Waals surface area contributed by atoms with E-state index in [4.69, 9.17) is 5.73 Å². The molecule has 0 aliphatic rings. The van der Waals surface area contributed by atoms with E-state index < -0.39 is 5.91 Å². The molecule has 0 aromatic heterocycles. The van der Waals surface area contributed by atoms with E-state index in [1.807, 2.05) is 12.1 Å². The summed E-state index contributed by atoms with van der Waals surface area (Å²) in [7, 11) is 0. The van der Waals surface area contributed by atoms with Crippen LogP contribution in [-0.2, 0) is 6.54 Å². The van der Waals surface area contributed by atoms with Gasteiger partial charge in [-0.05, 0) is 43.2 Å². The Morgan fingerprint density at radius 1 is 1.16 bits per heavy atom. The lowest BCUT2D eigenvalue weighted by Crippen LogP contribution is -2.11. The van der Waals surface area contributed by atoms with Crippen LogP contribution in [0.4, 0.5) is 5.69 Å². The number of primary amides is 1. The number of aryl methyl sites for hydroxylation is 2. The first kappa shape index (κ1) is 13.1. The van der Waals surface area contributed by atoms with Crippen molar-refractivity contribution >= 4 is 11.6 Å². The Hall–Kier alpha value is -2.29. The van der Waals surface area contributed by atoms with Crippen molar-refractivity contribution in [2.24, 2.45) is 5.73 Å². The van der Waals surface area contributed by atoms with Crippen LogP contribution in [0.5, 0.6) is 0 Å². The molecular weight excluding hydrogens is 236 g/mol. The molecule has 0 heterocycles. The van der Waals surface area contributed by atoms with Gasteiger partial charge in [-0.15, -0.1) is 0 Å². The molecule has 0 unspecified atom stereocenters. The van der Waals surface area contributed by atoms with Gasteiger partial charge in [-0.3, -0.25) is 4.79 Å². The van der Waals surface area contributed by atoms with Crippen LogP contribution in [0.25, 0.3) is 0 Å². The summed E-state index contributed by atoms with van der Waals surface area (Å²) < 4.78 is 0. The minimum atomic E-state index is -0.407. The molecular formula is C16H18N2O. The standard InChI is InChI=1S/C16H18N2O/c1-11-6-7-14(12(2)8-11)10-18-15-5-3-4-13(9-15)16(17)19/h3-9,18H,10H2,1-2H3,(H2,17,19). The topological polar surface area (TPSA) is 55.1 Å². The lowest BCUT2D eigenvalue weighted by atomic mass is 10.1. The van der Waals surface area contributed by atoms with Gasteiger partial charge >= 0.3 is 0 Å². The van der Waals surface area contributed by atoms with E-state index in [0.29, 0.717) is 5.56 Å². The summed E-state index contributed by atoms with van der Waals surface area (Å²) in [5.41, 5.74) is 10.5. The van der Waals surface area contributed by atoms with Crippen LogP contribution in [0.1, 0.15) is 27.0 Å². The van der Waals surface area contributed by atoms with Crippen molar-refractivity contribution in [2.75, 3.05) is 5.32 Å². The molecule has 0 radical (unpaired) electrons. The summed E-state index contributed by atoms with van der Waals surface area (Å²) >= 11 is 0. The maximum Gasteiger partial charge on any atom is 0.248 e. The number of amides is 1. The minimum absolute atomic E-state index is 0.407. The molecule has 1 amide bonds. The van der Waals surface area contributed by atoms with E-state index in [9.17, 15) is 4.79 Å². The molecule has 19 heavy (non-hydrogen) atoms. The zero-order chi connectivity index (χ0) is 13.8. The molecule has 0 saturated carbocycles. The third kappa shape index (κ3) is 3.35. The van der Waals surface area contributed by atoms with Crippen molar-refractivity contribution in [3.63, 3.8) is 0 Å². The van der Waals surface area contributed by atoms with Crippen LogP contribution in [0.3, 0.4) is 0 Å². The van der Waals surface area contributed by atoms with Crippen LogP contribution in [-0.4, -0.2) is 5.91 Å². The number of rotatable bonds is 4. The highest BCUT2D eigenvalue weighted by atomic mass is 16.1. The van der Waals surface area contributed by atoms with Gasteiger partial charge in [0, 0.05) is 17.8 Å². The van der Waals surface area contributed by atoms with Crippen molar-refractivity contribution in [3.8, 4) is 0 Å². The van der Waals surface area contributed by atoms with Crippen molar-refractivity contribution in [1.82, 2.24) is 0 Å². The monoisotopic (exact) mass is 254 g/mol. The maximum atomic E-state index is 11.1. The predicted octanol–water partition coefficient (Wildman–Crippen LogP) is 3.01. The van der Waals surface area contributed by atoms with Crippen molar-refractivity contribution < 1.29 is 4.79 Å². The Morgan fingerprint density at radius 2 is 1.95 bits per heavy atom. The van der Waals surface area contributed by atoms with E-state index in [-0.39, 0.29) is 0 Å². The van der Waals surface area contributed by atoms with Gasteiger partial charge in [0.25, 0.3) is 0 Å². The van der Waals surface area contributed by atoms with Gasteiger partial charge in [0.15, 0.2) is 0 Å². The van der Waals surface area contributed by atoms with E-state index in [1.165, 1.54) is 16.7 Å². The summed E-state index contributed by atoms with van der Waals surface area (Å²) in [4.78, 5) is 11.1. The number of hydrogen-bond donors (Lipinski definition) is 2. The lowest BCUT2D eigenvalue weighted by molar-refractivity contribution is 0.100. The summed E-state index contributed by atoms with van der Waals surface area (Å²) in [6, 6.07) is 13.6. The molecule has 2 aromatic carbocycles. The second-order valence-electron chi connectivity index (χ2n) is 4.73. The van der Waals surface area contributed by atoms with Crippen LogP contribution < -0.4 is 11.1 Å². The predicted molar refractivity (Wildman–Crippen MR) is 78.2 cm³/mol. The fourth-order valence-corrected chi connectivity index (χ4v) is 2.02. The summed E-state index contributed by atoms with van der Waals surface area (Å²) in [5, 5.41) is 3.31. The first-order chi connectivity index (χ1) is 9.06. The number of carbonyl (C=O) groups excluding carboxylic acids is 1. The second-order valence-corrected chi connectivity index (χ2v) is 4.73. The minimum Gasteiger partial charge on any atom is -0.381 e. The van der Waals surface area contributed by atoms with Gasteiger partial charge in [-0.2, -0.15) is 0 Å². The van der Waals surface area contributed by atoms with E-state index in [1.54, 1.807) is 12.1 Å². The lowest BCUT2D eigenvalue weighted by Gasteiger charge is -2.10. The Morgan fingerprint density at radius 3 is 2.63 bits per heavy atom. The number of nitrogens with two attached hydrogens (primary N) is 1. The number of carbonyl (C=O) groups is 1. The number of anilines is 1. The summed E-state index contributed by atoms with van der Waals surface area (Å²) in [6.07, 6.45) is 0. The van der Waals surface area contributed by atoms with Crippen LogP contribution >= 0.6 is 0 Å². The molecule has 0 fully saturated rings. The fourth-order valence-electron chi connectivity index (χ4n) is 2.02. The molecule has 2 rings (SSSR count). The van der Waals surface area contributed by atoms with Gasteiger partial charge in [0.05, 0.1) is 0 Å². The van der Waals surface area contributed by atoms with E-state index in [0.717, 1.165) is 12.2 Å². The molecule has 0 bridgehead atoms. The summed E-state index contributed by atoms with van der Waals surface area (Å²) in [6.45, 7) is 4.92. The van der Waals surface area contributed by atoms with Gasteiger partial charge in [-0.25, -0.2) is 0 Å². The highest BCUT2D eigenvalue weighted by molar-refractivity contribution is 5.93. The molecule has 3 heteroatoms. The van der Waals surface area contributed by atoms with Crippen LogP contribution in [0.2, 0.25) is 0 Å². The average Bonchev–Trinajstić information content (AvgIpc) is 2.38. The zero-order valence-corrected chi connectivity index (χ0v) is 11.2. The highest BCUT2D eigenvalue weighted by Crippen LogP contribution is 2.15. The van der Waals surface area contributed by atoms with Crippen molar-refractivity contribution in [3.05, 3.63) is 64.7 Å². The Kier molecular flexibility index (Phi) is 3.85. The number of nitrogens with one attached hydrogen (secondary N) is 1. The summed E-state index contributed by atoms with van der Waals surface area (Å²) in [5.74, 6) is -0.407. The van der Waals surface area contributed by atoms with Crippen molar-refractivity contribution in [2.45, 2.75) is 20.4 Å². The van der Waals surface area contributed by atoms with E-state index in [2.05, 4.69) is 37.4 Å². The number of benzene rings is 2. The fraction of sp³-hybridized carbons (Fsp3) is 0.188. The first-order valence-corrected chi connectivity index (χ1v) is 6.26. The molecule has 0 spiro atoms. The smallest absolute Gasteiger partial charge is 0.248 e. The van der Waals surface area contributed by atoms with Gasteiger partial charge < -0.3 is 11.1 Å². The SMILES string of the molecule is Cc1ccc(CNc2cccc(C(N)=O)c2)c(C)c1. The molecule has 3 N–H and O–H groups in total. The van der Waals surface area contributed by atoms with Crippen molar-refractivity contribution in [1.29, 1.82) is 0 Å². The van der Waals surface area contributed by atoms with E-state index >= 15 is 0 Å². The largest absolute Gasteiger partial charge is 0.381 e. The molecule has 0 saturated heterocycles.